The number of rotatable bonds is 5. The standard InChI is InChI=1S/C24H26ClN9O3/c1-24(36)13-32(23(35)37-2)6-5-21(24)33-12-19(30-31-33)16-10-26-18(8-17(16)29-15-3-4-15)20-11-27-22-7-14(25)9-28-34(20)22/h7-12,15,21,36H,3-6,13H2,1-2H3,(H,26,29)/t21-,24-/m1/s1. The molecule has 6 rings (SSSR count). The zero-order valence-electron chi connectivity index (χ0n) is 20.4. The number of halogens is 1. The topological polar surface area (TPSA) is 136 Å². The van der Waals surface area contributed by atoms with Crippen molar-refractivity contribution >= 4 is 29.0 Å². The van der Waals surface area contributed by atoms with Gasteiger partial charge in [-0.25, -0.2) is 19.0 Å². The van der Waals surface area contributed by atoms with Crippen molar-refractivity contribution in [2.24, 2.45) is 0 Å². The van der Waals surface area contributed by atoms with Crippen molar-refractivity contribution in [3.63, 3.8) is 0 Å². The van der Waals surface area contributed by atoms with Gasteiger partial charge < -0.3 is 20.1 Å². The molecule has 0 spiro atoms. The Morgan fingerprint density at radius 3 is 2.78 bits per heavy atom. The average Bonchev–Trinajstić information content (AvgIpc) is 3.39. The number of likely N-dealkylation sites (tertiary alicyclic amines) is 1. The van der Waals surface area contributed by atoms with E-state index < -0.39 is 11.7 Å². The lowest BCUT2D eigenvalue weighted by molar-refractivity contribution is -0.0559. The lowest BCUT2D eigenvalue weighted by Crippen LogP contribution is -2.54. The van der Waals surface area contributed by atoms with E-state index in [-0.39, 0.29) is 12.6 Å². The molecule has 1 saturated carbocycles. The van der Waals surface area contributed by atoms with Gasteiger partial charge in [0.2, 0.25) is 0 Å². The maximum atomic E-state index is 11.9. The zero-order chi connectivity index (χ0) is 25.7. The second-order valence-corrected chi connectivity index (χ2v) is 10.2. The van der Waals surface area contributed by atoms with Crippen LogP contribution in [0.5, 0.6) is 0 Å². The van der Waals surface area contributed by atoms with Crippen LogP contribution < -0.4 is 5.32 Å². The first kappa shape index (κ1) is 23.6. The SMILES string of the molecule is COC(=O)N1CC[C@@H](n2cc(-c3cnc(-c4cnc5cc(Cl)cnn45)cc3NC3CC3)nn2)[C@](C)(O)C1. The fourth-order valence-corrected chi connectivity index (χ4v) is 4.95. The maximum absolute atomic E-state index is 11.9. The molecule has 0 unspecified atom stereocenters. The predicted octanol–water partition coefficient (Wildman–Crippen LogP) is 3.04. The van der Waals surface area contributed by atoms with Gasteiger partial charge in [0.1, 0.15) is 17.0 Å². The van der Waals surface area contributed by atoms with Crippen molar-refractivity contribution in [1.29, 1.82) is 0 Å². The fraction of sp³-hybridized carbons (Fsp3) is 0.417. The monoisotopic (exact) mass is 523 g/mol. The maximum Gasteiger partial charge on any atom is 0.409 e. The van der Waals surface area contributed by atoms with Crippen LogP contribution >= 0.6 is 11.6 Å². The molecule has 0 bridgehead atoms. The summed E-state index contributed by atoms with van der Waals surface area (Å²) in [4.78, 5) is 22.5. The zero-order valence-corrected chi connectivity index (χ0v) is 21.1. The minimum Gasteiger partial charge on any atom is -0.453 e. The van der Waals surface area contributed by atoms with Gasteiger partial charge in [-0.2, -0.15) is 5.10 Å². The number of hydrogen-bond donors (Lipinski definition) is 2. The lowest BCUT2D eigenvalue weighted by atomic mass is 9.89. The molecule has 0 aromatic carbocycles. The second-order valence-electron chi connectivity index (χ2n) is 9.76. The molecule has 5 heterocycles. The van der Waals surface area contributed by atoms with E-state index in [1.165, 1.54) is 12.0 Å². The summed E-state index contributed by atoms with van der Waals surface area (Å²) in [6, 6.07) is 3.76. The number of nitrogens with one attached hydrogen (secondary N) is 1. The van der Waals surface area contributed by atoms with E-state index in [0.29, 0.717) is 41.1 Å². The van der Waals surface area contributed by atoms with Gasteiger partial charge in [-0.15, -0.1) is 5.10 Å². The van der Waals surface area contributed by atoms with Crippen LogP contribution in [-0.2, 0) is 4.74 Å². The number of imidazole rings is 1. The molecular formula is C24H26ClN9O3. The van der Waals surface area contributed by atoms with Gasteiger partial charge in [0.05, 0.1) is 49.0 Å². The van der Waals surface area contributed by atoms with Gasteiger partial charge in [-0.3, -0.25) is 4.98 Å². The Balaban J connectivity index is 1.32. The van der Waals surface area contributed by atoms with Gasteiger partial charge in [-0.1, -0.05) is 16.8 Å². The number of methoxy groups -OCH3 is 1. The highest BCUT2D eigenvalue weighted by molar-refractivity contribution is 6.30. The number of carbonyl (C=O) groups is 1. The van der Waals surface area contributed by atoms with Crippen molar-refractivity contribution in [3.05, 3.63) is 41.9 Å². The van der Waals surface area contributed by atoms with Crippen molar-refractivity contribution < 1.29 is 14.6 Å². The smallest absolute Gasteiger partial charge is 0.409 e. The van der Waals surface area contributed by atoms with E-state index >= 15 is 0 Å². The minimum absolute atomic E-state index is 0.142. The van der Waals surface area contributed by atoms with E-state index in [1.54, 1.807) is 40.8 Å². The lowest BCUT2D eigenvalue weighted by Gasteiger charge is -2.41. The number of fused-ring (bicyclic) bond motifs is 1. The van der Waals surface area contributed by atoms with Gasteiger partial charge in [0.15, 0.2) is 5.65 Å². The predicted molar refractivity (Wildman–Crippen MR) is 135 cm³/mol. The van der Waals surface area contributed by atoms with E-state index in [9.17, 15) is 9.90 Å². The third kappa shape index (κ3) is 4.46. The number of aromatic nitrogens is 7. The van der Waals surface area contributed by atoms with Crippen LogP contribution in [0.2, 0.25) is 5.02 Å². The molecule has 1 amide bonds. The van der Waals surface area contributed by atoms with Gasteiger partial charge in [0, 0.05) is 36.1 Å². The molecule has 2 atom stereocenters. The molecule has 4 aromatic heterocycles. The number of anilines is 1. The molecular weight excluding hydrogens is 498 g/mol. The number of nitrogens with zero attached hydrogens (tertiary/aromatic N) is 8. The van der Waals surface area contributed by atoms with Crippen LogP contribution in [0, 0.1) is 0 Å². The first-order valence-corrected chi connectivity index (χ1v) is 12.4. The summed E-state index contributed by atoms with van der Waals surface area (Å²) < 4.78 is 8.19. The van der Waals surface area contributed by atoms with Crippen LogP contribution in [-0.4, -0.2) is 82.5 Å². The summed E-state index contributed by atoms with van der Waals surface area (Å²) in [5.41, 5.74) is 3.21. The average molecular weight is 524 g/mol. The molecule has 12 nitrogen and oxygen atoms in total. The Kier molecular flexibility index (Phi) is 5.72. The number of ether oxygens (including phenoxy) is 1. The molecule has 1 aliphatic carbocycles. The molecule has 192 valence electrons. The van der Waals surface area contributed by atoms with Crippen LogP contribution in [0.15, 0.2) is 36.9 Å². The number of β-amino-alcohol motifs (C(OH)–C–C–N with tert-alkyl or cyclic N) is 1. The van der Waals surface area contributed by atoms with E-state index in [4.69, 9.17) is 16.3 Å². The largest absolute Gasteiger partial charge is 0.453 e. The highest BCUT2D eigenvalue weighted by Crippen LogP contribution is 2.36. The highest BCUT2D eigenvalue weighted by atomic mass is 35.5. The molecule has 0 radical (unpaired) electrons. The summed E-state index contributed by atoms with van der Waals surface area (Å²) in [5.74, 6) is 0. The number of aliphatic hydroxyl groups is 1. The molecule has 37 heavy (non-hydrogen) atoms. The van der Waals surface area contributed by atoms with E-state index in [1.807, 2.05) is 12.3 Å². The van der Waals surface area contributed by atoms with Crippen molar-refractivity contribution in [3.8, 4) is 22.6 Å². The summed E-state index contributed by atoms with van der Waals surface area (Å²) in [6.45, 7) is 2.29. The van der Waals surface area contributed by atoms with Crippen molar-refractivity contribution in [2.45, 2.75) is 43.9 Å². The second kappa shape index (κ2) is 8.96. The molecule has 13 heteroatoms. The van der Waals surface area contributed by atoms with Crippen LogP contribution in [0.25, 0.3) is 28.3 Å². The Morgan fingerprint density at radius 1 is 1.19 bits per heavy atom. The molecule has 4 aromatic rings. The van der Waals surface area contributed by atoms with E-state index in [0.717, 1.165) is 29.8 Å². The first-order chi connectivity index (χ1) is 17.8. The van der Waals surface area contributed by atoms with Gasteiger partial charge >= 0.3 is 6.09 Å². The fourth-order valence-electron chi connectivity index (χ4n) is 4.81. The normalized spacial score (nSPS) is 21.8. The Labute approximate surface area is 217 Å². The van der Waals surface area contributed by atoms with Crippen LogP contribution in [0.1, 0.15) is 32.2 Å². The molecule has 1 aliphatic heterocycles. The van der Waals surface area contributed by atoms with Crippen LogP contribution in [0.3, 0.4) is 0 Å². The quantitative estimate of drug-likeness (QED) is 0.404. The molecule has 1 saturated heterocycles. The van der Waals surface area contributed by atoms with Crippen molar-refractivity contribution in [1.82, 2.24) is 39.5 Å². The summed E-state index contributed by atoms with van der Waals surface area (Å²) >= 11 is 6.06. The minimum atomic E-state index is -1.20. The Morgan fingerprint density at radius 2 is 2.03 bits per heavy atom. The van der Waals surface area contributed by atoms with Crippen molar-refractivity contribution in [2.75, 3.05) is 25.5 Å². The third-order valence-corrected chi connectivity index (χ3v) is 7.08. The number of amides is 1. The molecule has 2 fully saturated rings. The number of pyridine rings is 1. The third-order valence-electron chi connectivity index (χ3n) is 6.87. The summed E-state index contributed by atoms with van der Waals surface area (Å²) in [6.07, 6.45) is 9.13. The van der Waals surface area contributed by atoms with Gasteiger partial charge in [0.25, 0.3) is 0 Å². The van der Waals surface area contributed by atoms with Crippen LogP contribution in [0.4, 0.5) is 10.5 Å². The van der Waals surface area contributed by atoms with Gasteiger partial charge in [-0.05, 0) is 32.3 Å². The summed E-state index contributed by atoms with van der Waals surface area (Å²) in [7, 11) is 1.33. The number of hydrogen-bond acceptors (Lipinski definition) is 9. The number of piperidine rings is 1. The molecule has 2 N–H and O–H groups in total. The number of carbonyl (C=O) groups excluding carboxylic acids is 1. The Bertz CT molecular complexity index is 1480. The molecule has 2 aliphatic rings. The first-order valence-electron chi connectivity index (χ1n) is 12.1. The highest BCUT2D eigenvalue weighted by Gasteiger charge is 2.42. The summed E-state index contributed by atoms with van der Waals surface area (Å²) in [5, 5.41) is 28.3. The van der Waals surface area contributed by atoms with E-state index in [2.05, 4.69) is 30.7 Å². The Hall–Kier alpha value is -3.77.